The van der Waals surface area contributed by atoms with Crippen molar-refractivity contribution in [3.8, 4) is 22.1 Å². The van der Waals surface area contributed by atoms with E-state index in [1.807, 2.05) is 43.5 Å². The van der Waals surface area contributed by atoms with Crippen LogP contribution in [-0.2, 0) is 11.2 Å². The first kappa shape index (κ1) is 19.9. The topological polar surface area (TPSA) is 60.5 Å². The van der Waals surface area contributed by atoms with Crippen LogP contribution < -0.4 is 14.8 Å². The van der Waals surface area contributed by atoms with E-state index in [2.05, 4.69) is 29.4 Å². The summed E-state index contributed by atoms with van der Waals surface area (Å²) in [5, 5.41) is 5.77. The fourth-order valence-electron chi connectivity index (χ4n) is 2.80. The standard InChI is InChI=1S/C22H24N2O3S/c1-4-26-18-9-10-20(27-5-2)19(13-18)24-21(25)12-17-14-28-22(23-17)16-8-6-7-15(3)11-16/h6-11,13-14H,4-5,12H2,1-3H3,(H,24,25). The molecule has 28 heavy (non-hydrogen) atoms. The molecule has 1 amide bonds. The number of hydrogen-bond acceptors (Lipinski definition) is 5. The van der Waals surface area contributed by atoms with Gasteiger partial charge in [0.05, 0.1) is 31.0 Å². The molecule has 146 valence electrons. The number of aromatic nitrogens is 1. The third kappa shape index (κ3) is 5.10. The predicted octanol–water partition coefficient (Wildman–Crippen LogP) is 5.10. The number of thiazole rings is 1. The minimum absolute atomic E-state index is 0.143. The van der Waals surface area contributed by atoms with Gasteiger partial charge in [0.1, 0.15) is 16.5 Å². The number of anilines is 1. The van der Waals surface area contributed by atoms with Gasteiger partial charge >= 0.3 is 0 Å². The average Bonchev–Trinajstić information content (AvgIpc) is 3.12. The molecule has 1 aromatic heterocycles. The third-order valence-corrected chi connectivity index (χ3v) is 4.93. The van der Waals surface area contributed by atoms with Gasteiger partial charge in [-0.15, -0.1) is 11.3 Å². The Bertz CT molecular complexity index is 952. The number of benzene rings is 2. The molecule has 0 unspecified atom stereocenters. The summed E-state index contributed by atoms with van der Waals surface area (Å²) in [5.74, 6) is 1.17. The van der Waals surface area contributed by atoms with Crippen LogP contribution in [0.15, 0.2) is 47.8 Å². The highest BCUT2D eigenvalue weighted by Crippen LogP contribution is 2.30. The Morgan fingerprint density at radius 1 is 1.11 bits per heavy atom. The molecule has 0 aliphatic heterocycles. The zero-order chi connectivity index (χ0) is 19.9. The minimum Gasteiger partial charge on any atom is -0.494 e. The molecule has 0 aliphatic rings. The number of aryl methyl sites for hydroxylation is 1. The quantitative estimate of drug-likeness (QED) is 0.576. The number of hydrogen-bond donors (Lipinski definition) is 1. The predicted molar refractivity (Wildman–Crippen MR) is 113 cm³/mol. The normalized spacial score (nSPS) is 10.5. The van der Waals surface area contributed by atoms with E-state index in [0.29, 0.717) is 30.4 Å². The first-order chi connectivity index (χ1) is 13.6. The number of carbonyl (C=O) groups is 1. The highest BCUT2D eigenvalue weighted by Gasteiger charge is 2.13. The molecule has 0 saturated carbocycles. The number of rotatable bonds is 8. The third-order valence-electron chi connectivity index (χ3n) is 3.99. The summed E-state index contributed by atoms with van der Waals surface area (Å²) in [4.78, 5) is 17.2. The summed E-state index contributed by atoms with van der Waals surface area (Å²) in [6.07, 6.45) is 0.201. The number of ether oxygens (including phenoxy) is 2. The van der Waals surface area contributed by atoms with Gasteiger partial charge in [0, 0.05) is 17.0 Å². The van der Waals surface area contributed by atoms with Crippen molar-refractivity contribution in [2.45, 2.75) is 27.2 Å². The molecule has 3 rings (SSSR count). The fraction of sp³-hybridized carbons (Fsp3) is 0.273. The Balaban J connectivity index is 1.71. The lowest BCUT2D eigenvalue weighted by Gasteiger charge is -2.13. The van der Waals surface area contributed by atoms with E-state index < -0.39 is 0 Å². The monoisotopic (exact) mass is 396 g/mol. The van der Waals surface area contributed by atoms with Crippen LogP contribution in [0.5, 0.6) is 11.5 Å². The van der Waals surface area contributed by atoms with Gasteiger partial charge in [-0.3, -0.25) is 4.79 Å². The highest BCUT2D eigenvalue weighted by atomic mass is 32.1. The van der Waals surface area contributed by atoms with Crippen LogP contribution in [0.25, 0.3) is 10.6 Å². The number of nitrogens with zero attached hydrogens (tertiary/aromatic N) is 1. The summed E-state index contributed by atoms with van der Waals surface area (Å²) >= 11 is 1.54. The molecule has 1 heterocycles. The van der Waals surface area contributed by atoms with E-state index in [-0.39, 0.29) is 12.3 Å². The van der Waals surface area contributed by atoms with Gasteiger partial charge in [-0.1, -0.05) is 23.8 Å². The van der Waals surface area contributed by atoms with Crippen LogP contribution in [0, 0.1) is 6.92 Å². The summed E-state index contributed by atoms with van der Waals surface area (Å²) in [6.45, 7) is 6.95. The molecule has 0 bridgehead atoms. The van der Waals surface area contributed by atoms with Gasteiger partial charge < -0.3 is 14.8 Å². The highest BCUT2D eigenvalue weighted by molar-refractivity contribution is 7.13. The molecule has 6 heteroatoms. The largest absolute Gasteiger partial charge is 0.494 e. The maximum absolute atomic E-state index is 12.6. The van der Waals surface area contributed by atoms with Gasteiger partial charge in [-0.2, -0.15) is 0 Å². The molecule has 0 atom stereocenters. The lowest BCUT2D eigenvalue weighted by atomic mass is 10.1. The Morgan fingerprint density at radius 2 is 1.93 bits per heavy atom. The van der Waals surface area contributed by atoms with Crippen molar-refractivity contribution in [3.05, 3.63) is 59.1 Å². The number of carbonyl (C=O) groups excluding carboxylic acids is 1. The van der Waals surface area contributed by atoms with Gasteiger partial charge in [0.2, 0.25) is 5.91 Å². The van der Waals surface area contributed by atoms with E-state index >= 15 is 0 Å². The van der Waals surface area contributed by atoms with Crippen LogP contribution in [0.4, 0.5) is 5.69 Å². The second kappa shape index (κ2) is 9.37. The molecule has 0 fully saturated rings. The molecule has 0 aliphatic carbocycles. The van der Waals surface area contributed by atoms with Crippen molar-refractivity contribution in [2.24, 2.45) is 0 Å². The van der Waals surface area contributed by atoms with Crippen molar-refractivity contribution in [1.29, 1.82) is 0 Å². The SMILES string of the molecule is CCOc1ccc(OCC)c(NC(=O)Cc2csc(-c3cccc(C)c3)n2)c1. The molecular weight excluding hydrogens is 372 g/mol. The first-order valence-electron chi connectivity index (χ1n) is 9.30. The smallest absolute Gasteiger partial charge is 0.230 e. The van der Waals surface area contributed by atoms with E-state index in [1.54, 1.807) is 17.4 Å². The van der Waals surface area contributed by atoms with Crippen molar-refractivity contribution in [2.75, 3.05) is 18.5 Å². The Labute approximate surface area is 169 Å². The first-order valence-corrected chi connectivity index (χ1v) is 10.2. The Kier molecular flexibility index (Phi) is 6.66. The van der Waals surface area contributed by atoms with Crippen molar-refractivity contribution in [1.82, 2.24) is 4.98 Å². The van der Waals surface area contributed by atoms with Gasteiger partial charge in [0.25, 0.3) is 0 Å². The second-order valence-corrected chi connectivity index (χ2v) is 7.12. The van der Waals surface area contributed by atoms with Gasteiger partial charge in [-0.25, -0.2) is 4.98 Å². The summed E-state index contributed by atoms with van der Waals surface area (Å²) < 4.78 is 11.1. The van der Waals surface area contributed by atoms with E-state index in [0.717, 1.165) is 16.3 Å². The molecule has 2 aromatic carbocycles. The minimum atomic E-state index is -0.143. The van der Waals surface area contributed by atoms with Gasteiger partial charge in [0.15, 0.2) is 0 Å². The van der Waals surface area contributed by atoms with Gasteiger partial charge in [-0.05, 0) is 39.0 Å². The van der Waals surface area contributed by atoms with E-state index in [1.165, 1.54) is 5.56 Å². The molecular formula is C22H24N2O3S. The molecule has 0 radical (unpaired) electrons. The Morgan fingerprint density at radius 3 is 2.68 bits per heavy atom. The summed E-state index contributed by atoms with van der Waals surface area (Å²) in [6, 6.07) is 13.6. The van der Waals surface area contributed by atoms with E-state index in [9.17, 15) is 4.79 Å². The van der Waals surface area contributed by atoms with Crippen LogP contribution in [0.2, 0.25) is 0 Å². The Hall–Kier alpha value is -2.86. The van der Waals surface area contributed by atoms with Crippen molar-refractivity contribution >= 4 is 22.9 Å². The zero-order valence-electron chi connectivity index (χ0n) is 16.3. The molecule has 3 aromatic rings. The van der Waals surface area contributed by atoms with Crippen molar-refractivity contribution in [3.63, 3.8) is 0 Å². The maximum Gasteiger partial charge on any atom is 0.230 e. The van der Waals surface area contributed by atoms with Crippen LogP contribution in [0.1, 0.15) is 25.1 Å². The lowest BCUT2D eigenvalue weighted by molar-refractivity contribution is -0.115. The zero-order valence-corrected chi connectivity index (χ0v) is 17.1. The van der Waals surface area contributed by atoms with E-state index in [4.69, 9.17) is 9.47 Å². The van der Waals surface area contributed by atoms with Crippen LogP contribution in [-0.4, -0.2) is 24.1 Å². The molecule has 0 spiro atoms. The van der Waals surface area contributed by atoms with Crippen LogP contribution >= 0.6 is 11.3 Å². The summed E-state index contributed by atoms with van der Waals surface area (Å²) in [5.41, 5.74) is 3.61. The van der Waals surface area contributed by atoms with Crippen molar-refractivity contribution < 1.29 is 14.3 Å². The second-order valence-electron chi connectivity index (χ2n) is 6.26. The molecule has 0 saturated heterocycles. The number of nitrogens with one attached hydrogen (secondary N) is 1. The average molecular weight is 397 g/mol. The molecule has 5 nitrogen and oxygen atoms in total. The number of amides is 1. The summed E-state index contributed by atoms with van der Waals surface area (Å²) in [7, 11) is 0. The fourth-order valence-corrected chi connectivity index (χ4v) is 3.62. The lowest BCUT2D eigenvalue weighted by Crippen LogP contribution is -2.15. The molecule has 1 N–H and O–H groups in total. The maximum atomic E-state index is 12.6. The van der Waals surface area contributed by atoms with Crippen LogP contribution in [0.3, 0.4) is 0 Å².